The van der Waals surface area contributed by atoms with Crippen molar-refractivity contribution in [1.29, 1.82) is 0 Å². The molecule has 1 amide bonds. The molecule has 2 aromatic heterocycles. The molecule has 1 atom stereocenters. The minimum Gasteiger partial charge on any atom is -0.344 e. The number of benzene rings is 2. The Hall–Kier alpha value is -3.74. The highest BCUT2D eigenvalue weighted by molar-refractivity contribution is 5.92. The highest BCUT2D eigenvalue weighted by atomic mass is 16.2. The van der Waals surface area contributed by atoms with Gasteiger partial charge >= 0.3 is 0 Å². The van der Waals surface area contributed by atoms with Crippen LogP contribution in [0.3, 0.4) is 0 Å². The van der Waals surface area contributed by atoms with Gasteiger partial charge in [0, 0.05) is 18.1 Å². The monoisotopic (exact) mass is 358 g/mol. The number of rotatable bonds is 5. The highest BCUT2D eigenvalue weighted by Gasteiger charge is 2.15. The van der Waals surface area contributed by atoms with Gasteiger partial charge in [0.05, 0.1) is 24.3 Å². The number of para-hydroxylation sites is 1. The van der Waals surface area contributed by atoms with Crippen molar-refractivity contribution in [2.75, 3.05) is 0 Å². The van der Waals surface area contributed by atoms with Crippen LogP contribution in [0.2, 0.25) is 0 Å². The Labute approximate surface area is 156 Å². The lowest BCUT2D eigenvalue weighted by molar-refractivity contribution is 0.0934. The van der Waals surface area contributed by atoms with Gasteiger partial charge in [0.15, 0.2) is 5.69 Å². The molecule has 4 rings (SSSR count). The summed E-state index contributed by atoms with van der Waals surface area (Å²) in [4.78, 5) is 18.0. The predicted octanol–water partition coefficient (Wildman–Crippen LogP) is 2.94. The van der Waals surface area contributed by atoms with Crippen LogP contribution >= 0.6 is 0 Å². The number of nitrogens with zero attached hydrogens (tertiary/aromatic N) is 5. The first-order chi connectivity index (χ1) is 13.2. The van der Waals surface area contributed by atoms with Crippen LogP contribution < -0.4 is 5.32 Å². The molecule has 0 saturated carbocycles. The van der Waals surface area contributed by atoms with Gasteiger partial charge in [-0.3, -0.25) is 4.79 Å². The molecular formula is C20H18N6O. The second-order valence-corrected chi connectivity index (χ2v) is 6.11. The smallest absolute Gasteiger partial charge is 0.273 e. The molecule has 0 aliphatic carbocycles. The van der Waals surface area contributed by atoms with Crippen molar-refractivity contribution in [3.05, 3.63) is 90.8 Å². The van der Waals surface area contributed by atoms with E-state index in [1.807, 2.05) is 72.3 Å². The van der Waals surface area contributed by atoms with Gasteiger partial charge < -0.3 is 9.88 Å². The van der Waals surface area contributed by atoms with Gasteiger partial charge in [-0.05, 0) is 36.8 Å². The summed E-state index contributed by atoms with van der Waals surface area (Å²) < 4.78 is 1.93. The van der Waals surface area contributed by atoms with Crippen LogP contribution in [0.25, 0.3) is 11.4 Å². The van der Waals surface area contributed by atoms with Crippen LogP contribution in [-0.4, -0.2) is 30.5 Å². The molecule has 2 aromatic carbocycles. The molecule has 0 saturated heterocycles. The van der Waals surface area contributed by atoms with Crippen molar-refractivity contribution < 1.29 is 4.79 Å². The van der Waals surface area contributed by atoms with Crippen LogP contribution in [0.1, 0.15) is 29.0 Å². The van der Waals surface area contributed by atoms with E-state index in [1.54, 1.807) is 12.5 Å². The summed E-state index contributed by atoms with van der Waals surface area (Å²) in [5.74, 6) is -0.261. The number of nitrogens with one attached hydrogen (secondary N) is 1. The molecule has 2 heterocycles. The molecule has 0 bridgehead atoms. The fourth-order valence-corrected chi connectivity index (χ4v) is 2.75. The van der Waals surface area contributed by atoms with E-state index in [-0.39, 0.29) is 17.6 Å². The SMILES string of the molecule is C[C@H](NC(=O)c1cnn(-c2ccccc2)n1)c1ccc(-n2ccnc2)cc1. The Kier molecular flexibility index (Phi) is 4.49. The van der Waals surface area contributed by atoms with E-state index in [4.69, 9.17) is 0 Å². The molecule has 0 unspecified atom stereocenters. The number of hydrogen-bond donors (Lipinski definition) is 1. The molecule has 27 heavy (non-hydrogen) atoms. The second kappa shape index (κ2) is 7.25. The van der Waals surface area contributed by atoms with E-state index in [2.05, 4.69) is 20.5 Å². The Morgan fingerprint density at radius 3 is 2.52 bits per heavy atom. The van der Waals surface area contributed by atoms with Crippen molar-refractivity contribution in [2.24, 2.45) is 0 Å². The zero-order valence-corrected chi connectivity index (χ0v) is 14.7. The third-order valence-electron chi connectivity index (χ3n) is 4.25. The number of amides is 1. The Morgan fingerprint density at radius 2 is 1.81 bits per heavy atom. The number of aromatic nitrogens is 5. The average molecular weight is 358 g/mol. The van der Waals surface area contributed by atoms with Gasteiger partial charge in [0.25, 0.3) is 5.91 Å². The molecule has 0 aliphatic rings. The van der Waals surface area contributed by atoms with Crippen LogP contribution in [-0.2, 0) is 0 Å². The fraction of sp³-hybridized carbons (Fsp3) is 0.100. The number of hydrogen-bond acceptors (Lipinski definition) is 4. The second-order valence-electron chi connectivity index (χ2n) is 6.11. The van der Waals surface area contributed by atoms with Crippen molar-refractivity contribution >= 4 is 5.91 Å². The van der Waals surface area contributed by atoms with E-state index in [1.165, 1.54) is 11.0 Å². The quantitative estimate of drug-likeness (QED) is 0.595. The van der Waals surface area contributed by atoms with Gasteiger partial charge in [0.1, 0.15) is 0 Å². The first-order valence-corrected chi connectivity index (χ1v) is 8.57. The molecule has 0 fully saturated rings. The zero-order valence-electron chi connectivity index (χ0n) is 14.7. The van der Waals surface area contributed by atoms with Crippen LogP contribution in [0.5, 0.6) is 0 Å². The number of imidazole rings is 1. The molecule has 7 nitrogen and oxygen atoms in total. The maximum Gasteiger partial charge on any atom is 0.273 e. The van der Waals surface area contributed by atoms with Crippen LogP contribution in [0.4, 0.5) is 0 Å². The van der Waals surface area contributed by atoms with E-state index in [0.29, 0.717) is 0 Å². The fourth-order valence-electron chi connectivity index (χ4n) is 2.75. The van der Waals surface area contributed by atoms with Crippen molar-refractivity contribution in [1.82, 2.24) is 29.9 Å². The summed E-state index contributed by atoms with van der Waals surface area (Å²) in [7, 11) is 0. The van der Waals surface area contributed by atoms with Gasteiger partial charge in [-0.15, -0.1) is 5.10 Å². The van der Waals surface area contributed by atoms with Gasteiger partial charge in [-0.25, -0.2) is 4.98 Å². The largest absolute Gasteiger partial charge is 0.344 e. The molecule has 7 heteroatoms. The molecule has 0 radical (unpaired) electrons. The molecule has 4 aromatic rings. The topological polar surface area (TPSA) is 77.6 Å². The lowest BCUT2D eigenvalue weighted by atomic mass is 10.1. The van der Waals surface area contributed by atoms with E-state index in [0.717, 1.165) is 16.9 Å². The first-order valence-electron chi connectivity index (χ1n) is 8.57. The minimum atomic E-state index is -0.261. The van der Waals surface area contributed by atoms with E-state index >= 15 is 0 Å². The van der Waals surface area contributed by atoms with Crippen LogP contribution in [0, 0.1) is 0 Å². The third-order valence-corrected chi connectivity index (χ3v) is 4.25. The Bertz CT molecular complexity index is 1020. The first kappa shape index (κ1) is 16.7. The summed E-state index contributed by atoms with van der Waals surface area (Å²) in [6.07, 6.45) is 6.84. The average Bonchev–Trinajstić information content (AvgIpc) is 3.41. The molecule has 1 N–H and O–H groups in total. The zero-order chi connectivity index (χ0) is 18.6. The van der Waals surface area contributed by atoms with Crippen LogP contribution in [0.15, 0.2) is 79.5 Å². The highest BCUT2D eigenvalue weighted by Crippen LogP contribution is 2.16. The van der Waals surface area contributed by atoms with Gasteiger partial charge in [-0.1, -0.05) is 30.3 Å². The normalized spacial score (nSPS) is 11.9. The standard InChI is InChI=1S/C20H18N6O/c1-15(16-7-9-17(10-8-16)25-12-11-21-14-25)23-20(27)19-13-22-26(24-19)18-5-3-2-4-6-18/h2-15H,1H3,(H,23,27)/t15-/m0/s1. The van der Waals surface area contributed by atoms with Gasteiger partial charge in [0.2, 0.25) is 0 Å². The lowest BCUT2D eigenvalue weighted by Crippen LogP contribution is -2.27. The Morgan fingerprint density at radius 1 is 1.04 bits per heavy atom. The molecule has 134 valence electrons. The maximum atomic E-state index is 12.5. The maximum absolute atomic E-state index is 12.5. The molecule has 0 spiro atoms. The Balaban J connectivity index is 1.44. The predicted molar refractivity (Wildman–Crippen MR) is 101 cm³/mol. The third kappa shape index (κ3) is 3.62. The van der Waals surface area contributed by atoms with Crippen molar-refractivity contribution in [3.63, 3.8) is 0 Å². The van der Waals surface area contributed by atoms with Crippen molar-refractivity contribution in [3.8, 4) is 11.4 Å². The summed E-state index contributed by atoms with van der Waals surface area (Å²) in [6, 6.07) is 17.3. The van der Waals surface area contributed by atoms with Crippen molar-refractivity contribution in [2.45, 2.75) is 13.0 Å². The summed E-state index contributed by atoms with van der Waals surface area (Å²) in [5.41, 5.74) is 3.10. The molecular weight excluding hydrogens is 340 g/mol. The number of carbonyl (C=O) groups is 1. The minimum absolute atomic E-state index is 0.156. The lowest BCUT2D eigenvalue weighted by Gasteiger charge is -2.14. The van der Waals surface area contributed by atoms with Gasteiger partial charge in [-0.2, -0.15) is 9.90 Å². The molecule has 0 aliphatic heterocycles. The summed E-state index contributed by atoms with van der Waals surface area (Å²) in [5, 5.41) is 11.4. The van der Waals surface area contributed by atoms with E-state index in [9.17, 15) is 4.79 Å². The number of carbonyl (C=O) groups excluding carboxylic acids is 1. The summed E-state index contributed by atoms with van der Waals surface area (Å²) in [6.45, 7) is 1.94. The summed E-state index contributed by atoms with van der Waals surface area (Å²) >= 11 is 0. The van der Waals surface area contributed by atoms with E-state index < -0.39 is 0 Å².